The fourth-order valence-electron chi connectivity index (χ4n) is 2.22. The van der Waals surface area contributed by atoms with Gasteiger partial charge in [0.05, 0.1) is 0 Å². The standard InChI is InChI=1S/C14H20N2O2/c1-14(2)8-11-7-10(3-4-12(11)18-14)9-16-6-5-13(15)17/h3-4,7,16H,5-6,8-9H2,1-2H3,(H2,15,17). The Kier molecular flexibility index (Phi) is 3.57. The summed E-state index contributed by atoms with van der Waals surface area (Å²) < 4.78 is 5.82. The van der Waals surface area contributed by atoms with Crippen LogP contribution in [0.25, 0.3) is 0 Å². The molecule has 0 saturated heterocycles. The van der Waals surface area contributed by atoms with Gasteiger partial charge in [-0.05, 0) is 31.0 Å². The van der Waals surface area contributed by atoms with Crippen LogP contribution < -0.4 is 15.8 Å². The summed E-state index contributed by atoms with van der Waals surface area (Å²) in [6.45, 7) is 5.56. The van der Waals surface area contributed by atoms with Gasteiger partial charge in [0, 0.05) is 25.9 Å². The van der Waals surface area contributed by atoms with E-state index in [4.69, 9.17) is 10.5 Å². The number of benzene rings is 1. The summed E-state index contributed by atoms with van der Waals surface area (Å²) in [5.41, 5.74) is 7.45. The molecule has 0 aliphatic carbocycles. The molecule has 3 N–H and O–H groups in total. The van der Waals surface area contributed by atoms with Gasteiger partial charge in [0.25, 0.3) is 0 Å². The second kappa shape index (κ2) is 4.98. The molecule has 98 valence electrons. The van der Waals surface area contributed by atoms with Gasteiger partial charge in [-0.15, -0.1) is 0 Å². The molecule has 1 aromatic carbocycles. The minimum absolute atomic E-state index is 0.0969. The fraction of sp³-hybridized carbons (Fsp3) is 0.500. The van der Waals surface area contributed by atoms with Crippen LogP contribution in [0, 0.1) is 0 Å². The molecule has 0 atom stereocenters. The molecule has 0 fully saturated rings. The fourth-order valence-corrected chi connectivity index (χ4v) is 2.22. The quantitative estimate of drug-likeness (QED) is 0.773. The zero-order valence-corrected chi connectivity index (χ0v) is 11.0. The maximum atomic E-state index is 10.6. The topological polar surface area (TPSA) is 64.3 Å². The summed E-state index contributed by atoms with van der Waals surface area (Å²) in [6, 6.07) is 6.24. The van der Waals surface area contributed by atoms with Crippen LogP contribution >= 0.6 is 0 Å². The third-order valence-corrected chi connectivity index (χ3v) is 3.00. The third-order valence-electron chi connectivity index (χ3n) is 3.00. The number of primary amides is 1. The summed E-state index contributed by atoms with van der Waals surface area (Å²) in [6.07, 6.45) is 1.32. The van der Waals surface area contributed by atoms with E-state index in [1.54, 1.807) is 0 Å². The smallest absolute Gasteiger partial charge is 0.218 e. The number of fused-ring (bicyclic) bond motifs is 1. The van der Waals surface area contributed by atoms with Crippen LogP contribution in [0.4, 0.5) is 0 Å². The molecule has 0 spiro atoms. The molecule has 0 aromatic heterocycles. The van der Waals surface area contributed by atoms with Crippen molar-refractivity contribution in [1.82, 2.24) is 5.32 Å². The van der Waals surface area contributed by atoms with Crippen molar-refractivity contribution in [2.24, 2.45) is 5.73 Å². The molecule has 1 aromatic rings. The van der Waals surface area contributed by atoms with E-state index in [-0.39, 0.29) is 11.5 Å². The van der Waals surface area contributed by atoms with E-state index in [2.05, 4.69) is 31.3 Å². The first-order valence-electron chi connectivity index (χ1n) is 6.26. The van der Waals surface area contributed by atoms with Crippen LogP contribution in [0.5, 0.6) is 5.75 Å². The van der Waals surface area contributed by atoms with Gasteiger partial charge in [0.1, 0.15) is 11.4 Å². The molecule has 18 heavy (non-hydrogen) atoms. The largest absolute Gasteiger partial charge is 0.487 e. The summed E-state index contributed by atoms with van der Waals surface area (Å²) in [7, 11) is 0. The highest BCUT2D eigenvalue weighted by Crippen LogP contribution is 2.35. The highest BCUT2D eigenvalue weighted by atomic mass is 16.5. The van der Waals surface area contributed by atoms with Gasteiger partial charge in [-0.1, -0.05) is 12.1 Å². The zero-order chi connectivity index (χ0) is 13.2. The first kappa shape index (κ1) is 12.9. The summed E-state index contributed by atoms with van der Waals surface area (Å²) in [5, 5.41) is 3.20. The van der Waals surface area contributed by atoms with Crippen molar-refractivity contribution in [1.29, 1.82) is 0 Å². The predicted molar refractivity (Wildman–Crippen MR) is 70.4 cm³/mol. The number of rotatable bonds is 5. The van der Waals surface area contributed by atoms with Crippen molar-refractivity contribution in [2.45, 2.75) is 38.8 Å². The molecule has 2 rings (SSSR count). The normalized spacial score (nSPS) is 16.1. The number of carbonyl (C=O) groups is 1. The summed E-state index contributed by atoms with van der Waals surface area (Å²) in [5.74, 6) is 0.715. The van der Waals surface area contributed by atoms with E-state index in [0.717, 1.165) is 18.7 Å². The lowest BCUT2D eigenvalue weighted by Crippen LogP contribution is -2.24. The molecule has 0 radical (unpaired) electrons. The van der Waals surface area contributed by atoms with Crippen LogP contribution in [-0.4, -0.2) is 18.1 Å². The monoisotopic (exact) mass is 248 g/mol. The van der Waals surface area contributed by atoms with Gasteiger partial charge in [0.2, 0.25) is 5.91 Å². The van der Waals surface area contributed by atoms with Gasteiger partial charge < -0.3 is 15.8 Å². The van der Waals surface area contributed by atoms with Gasteiger partial charge in [0.15, 0.2) is 0 Å². The lowest BCUT2D eigenvalue weighted by molar-refractivity contribution is -0.117. The molecule has 1 aliphatic heterocycles. The molecular formula is C14H20N2O2. The molecular weight excluding hydrogens is 228 g/mol. The average Bonchev–Trinajstić information content (AvgIpc) is 2.57. The minimum atomic E-state index is -0.272. The van der Waals surface area contributed by atoms with Crippen molar-refractivity contribution < 1.29 is 9.53 Å². The second-order valence-electron chi connectivity index (χ2n) is 5.37. The molecule has 4 nitrogen and oxygen atoms in total. The second-order valence-corrected chi connectivity index (χ2v) is 5.37. The van der Waals surface area contributed by atoms with Crippen molar-refractivity contribution in [3.8, 4) is 5.75 Å². The zero-order valence-electron chi connectivity index (χ0n) is 11.0. The van der Waals surface area contributed by atoms with Crippen molar-refractivity contribution in [3.63, 3.8) is 0 Å². The average molecular weight is 248 g/mol. The van der Waals surface area contributed by atoms with Crippen molar-refractivity contribution >= 4 is 5.91 Å². The Morgan fingerprint density at radius 3 is 3.00 bits per heavy atom. The highest BCUT2D eigenvalue weighted by Gasteiger charge is 2.29. The lowest BCUT2D eigenvalue weighted by atomic mass is 10.0. The SMILES string of the molecule is CC1(C)Cc2cc(CNCCC(N)=O)ccc2O1. The van der Waals surface area contributed by atoms with E-state index in [1.807, 2.05) is 6.07 Å². The maximum absolute atomic E-state index is 10.6. The van der Waals surface area contributed by atoms with Crippen molar-refractivity contribution in [3.05, 3.63) is 29.3 Å². The van der Waals surface area contributed by atoms with Gasteiger partial charge in [-0.2, -0.15) is 0 Å². The Balaban J connectivity index is 1.91. The number of hydrogen-bond acceptors (Lipinski definition) is 3. The number of carbonyl (C=O) groups excluding carboxylic acids is 1. The number of ether oxygens (including phenoxy) is 1. The maximum Gasteiger partial charge on any atom is 0.218 e. The van der Waals surface area contributed by atoms with Gasteiger partial charge >= 0.3 is 0 Å². The van der Waals surface area contributed by atoms with Crippen LogP contribution in [0.3, 0.4) is 0 Å². The lowest BCUT2D eigenvalue weighted by Gasteiger charge is -2.16. The Hall–Kier alpha value is -1.55. The van der Waals surface area contributed by atoms with Crippen molar-refractivity contribution in [2.75, 3.05) is 6.54 Å². The molecule has 1 amide bonds. The number of nitrogens with one attached hydrogen (secondary N) is 1. The van der Waals surface area contributed by atoms with Crippen LogP contribution in [0.1, 0.15) is 31.4 Å². The third kappa shape index (κ3) is 3.23. The molecule has 0 bridgehead atoms. The van der Waals surface area contributed by atoms with Crippen LogP contribution in [-0.2, 0) is 17.8 Å². The molecule has 1 aliphatic rings. The molecule has 4 heteroatoms. The van der Waals surface area contributed by atoms with E-state index in [0.29, 0.717) is 13.0 Å². The first-order valence-corrected chi connectivity index (χ1v) is 6.26. The summed E-state index contributed by atoms with van der Waals surface area (Å²) >= 11 is 0. The number of nitrogens with two attached hydrogens (primary N) is 1. The first-order chi connectivity index (χ1) is 8.46. The number of hydrogen-bond donors (Lipinski definition) is 2. The van der Waals surface area contributed by atoms with E-state index in [1.165, 1.54) is 11.1 Å². The molecule has 0 unspecified atom stereocenters. The van der Waals surface area contributed by atoms with E-state index in [9.17, 15) is 4.79 Å². The Morgan fingerprint density at radius 2 is 2.28 bits per heavy atom. The molecule has 0 saturated carbocycles. The molecule has 1 heterocycles. The Morgan fingerprint density at radius 1 is 1.50 bits per heavy atom. The highest BCUT2D eigenvalue weighted by molar-refractivity contribution is 5.73. The predicted octanol–water partition coefficient (Wildman–Crippen LogP) is 1.37. The Bertz CT molecular complexity index is 455. The summed E-state index contributed by atoms with van der Waals surface area (Å²) in [4.78, 5) is 10.6. The van der Waals surface area contributed by atoms with E-state index < -0.39 is 0 Å². The van der Waals surface area contributed by atoms with Gasteiger partial charge in [-0.25, -0.2) is 0 Å². The van der Waals surface area contributed by atoms with Crippen LogP contribution in [0.2, 0.25) is 0 Å². The van der Waals surface area contributed by atoms with Crippen LogP contribution in [0.15, 0.2) is 18.2 Å². The van der Waals surface area contributed by atoms with Gasteiger partial charge in [-0.3, -0.25) is 4.79 Å². The van der Waals surface area contributed by atoms with E-state index >= 15 is 0 Å². The minimum Gasteiger partial charge on any atom is -0.487 e. The Labute approximate surface area is 108 Å². The number of amides is 1.